The summed E-state index contributed by atoms with van der Waals surface area (Å²) in [7, 11) is 0. The van der Waals surface area contributed by atoms with E-state index in [2.05, 4.69) is 43.9 Å². The normalized spacial score (nSPS) is 27.9. The van der Waals surface area contributed by atoms with E-state index in [1.165, 1.54) is 12.5 Å². The molecule has 0 N–H and O–H groups in total. The summed E-state index contributed by atoms with van der Waals surface area (Å²) in [6.45, 7) is 8.20. The molecule has 0 heterocycles. The van der Waals surface area contributed by atoms with Gasteiger partial charge in [-0.2, -0.15) is 0 Å². The molecule has 0 spiro atoms. The summed E-state index contributed by atoms with van der Waals surface area (Å²) in [5, 5.41) is 0. The maximum Gasteiger partial charge on any atom is 0.302 e. The summed E-state index contributed by atoms with van der Waals surface area (Å²) in [6.07, 6.45) is 8.74. The fraction of sp³-hybridized carbons (Fsp3) is 0.450. The van der Waals surface area contributed by atoms with Crippen LogP contribution in [0.1, 0.15) is 32.3 Å². The number of benzene rings is 1. The van der Waals surface area contributed by atoms with Gasteiger partial charge in [0.15, 0.2) is 0 Å². The smallest absolute Gasteiger partial charge is 0.302 e. The van der Waals surface area contributed by atoms with Gasteiger partial charge in [0.05, 0.1) is 6.61 Å². The van der Waals surface area contributed by atoms with Crippen LogP contribution in [0.15, 0.2) is 49.1 Å². The fourth-order valence-corrected chi connectivity index (χ4v) is 3.66. The first-order chi connectivity index (χ1) is 10.7. The number of hydrogen-bond acceptors (Lipinski definition) is 2. The lowest BCUT2D eigenvalue weighted by Gasteiger charge is -2.23. The number of carbonyl (C=O) groups excluding carboxylic acids is 1. The lowest BCUT2D eigenvalue weighted by molar-refractivity contribution is -0.143. The molecule has 0 bridgehead atoms. The van der Waals surface area contributed by atoms with E-state index in [9.17, 15) is 4.79 Å². The number of hydrogen-bond donors (Lipinski definition) is 0. The average Bonchev–Trinajstić information content (AvgIpc) is 2.88. The zero-order valence-corrected chi connectivity index (χ0v) is 13.6. The molecule has 2 heteroatoms. The van der Waals surface area contributed by atoms with Crippen LogP contribution in [-0.4, -0.2) is 12.6 Å². The molecule has 4 atom stereocenters. The van der Waals surface area contributed by atoms with Crippen molar-refractivity contribution in [3.63, 3.8) is 0 Å². The summed E-state index contributed by atoms with van der Waals surface area (Å²) < 4.78 is 5.33. The molecule has 118 valence electrons. The highest BCUT2D eigenvalue weighted by atomic mass is 16.5. The van der Waals surface area contributed by atoms with Crippen molar-refractivity contribution in [2.75, 3.05) is 6.61 Å². The highest BCUT2D eigenvalue weighted by Gasteiger charge is 2.40. The van der Waals surface area contributed by atoms with Crippen molar-refractivity contribution in [2.45, 2.75) is 26.7 Å². The Balaban J connectivity index is 2.13. The highest BCUT2D eigenvalue weighted by molar-refractivity contribution is 5.65. The molecule has 0 aliphatic heterocycles. The van der Waals surface area contributed by atoms with Gasteiger partial charge in [0.25, 0.3) is 0 Å². The predicted molar refractivity (Wildman–Crippen MR) is 91.2 cm³/mol. The van der Waals surface area contributed by atoms with E-state index < -0.39 is 0 Å². The molecule has 0 aromatic heterocycles. The Morgan fingerprint density at radius 3 is 2.59 bits per heavy atom. The van der Waals surface area contributed by atoms with E-state index in [0.717, 1.165) is 12.8 Å². The first kappa shape index (κ1) is 16.5. The summed E-state index contributed by atoms with van der Waals surface area (Å²) in [5.41, 5.74) is 1.21. The van der Waals surface area contributed by atoms with Gasteiger partial charge in [-0.1, -0.05) is 61.9 Å². The van der Waals surface area contributed by atoms with Crippen LogP contribution < -0.4 is 0 Å². The predicted octanol–water partition coefficient (Wildman–Crippen LogP) is 4.73. The SMILES string of the molecule is C=CC1CC(C=Cc2ccccc2)[C@H](COC(C)=O)[C@@H]1CC. The second-order valence-corrected chi connectivity index (χ2v) is 6.11. The van der Waals surface area contributed by atoms with Crippen molar-refractivity contribution in [1.82, 2.24) is 0 Å². The number of carbonyl (C=O) groups is 1. The van der Waals surface area contributed by atoms with E-state index in [-0.39, 0.29) is 5.97 Å². The second kappa shape index (κ2) is 7.98. The molecule has 1 aliphatic carbocycles. The molecule has 1 fully saturated rings. The monoisotopic (exact) mass is 298 g/mol. The van der Waals surface area contributed by atoms with Gasteiger partial charge in [0.2, 0.25) is 0 Å². The molecule has 1 aromatic carbocycles. The van der Waals surface area contributed by atoms with E-state index in [4.69, 9.17) is 4.74 Å². The van der Waals surface area contributed by atoms with Crippen LogP contribution in [0.25, 0.3) is 6.08 Å². The van der Waals surface area contributed by atoms with Gasteiger partial charge < -0.3 is 4.74 Å². The summed E-state index contributed by atoms with van der Waals surface area (Å²) in [4.78, 5) is 11.2. The Bertz CT molecular complexity index is 518. The molecular formula is C20H26O2. The van der Waals surface area contributed by atoms with Crippen LogP contribution in [0.3, 0.4) is 0 Å². The zero-order chi connectivity index (χ0) is 15.9. The highest BCUT2D eigenvalue weighted by Crippen LogP contribution is 2.45. The van der Waals surface area contributed by atoms with E-state index in [0.29, 0.717) is 30.3 Å². The molecule has 0 radical (unpaired) electrons. The maximum atomic E-state index is 11.2. The second-order valence-electron chi connectivity index (χ2n) is 6.11. The third kappa shape index (κ3) is 4.09. The molecule has 2 unspecified atom stereocenters. The molecule has 0 saturated heterocycles. The summed E-state index contributed by atoms with van der Waals surface area (Å²) in [6, 6.07) is 10.3. The first-order valence-electron chi connectivity index (χ1n) is 8.14. The number of rotatable bonds is 6. The van der Waals surface area contributed by atoms with Crippen molar-refractivity contribution < 1.29 is 9.53 Å². The summed E-state index contributed by atoms with van der Waals surface area (Å²) >= 11 is 0. The minimum absolute atomic E-state index is 0.192. The van der Waals surface area contributed by atoms with Crippen LogP contribution in [-0.2, 0) is 9.53 Å². The Morgan fingerprint density at radius 2 is 2.00 bits per heavy atom. The van der Waals surface area contributed by atoms with Crippen molar-refractivity contribution in [2.24, 2.45) is 23.7 Å². The molecule has 22 heavy (non-hydrogen) atoms. The molecular weight excluding hydrogens is 272 g/mol. The minimum atomic E-state index is -0.192. The Kier molecular flexibility index (Phi) is 6.00. The lowest BCUT2D eigenvalue weighted by Crippen LogP contribution is -2.22. The van der Waals surface area contributed by atoms with Crippen LogP contribution in [0.2, 0.25) is 0 Å². The standard InChI is InChI=1S/C20H26O2/c1-4-17-13-18(12-11-16-9-7-6-8-10-16)20(19(17)5-2)14-22-15(3)21/h4,6-12,17-20H,1,5,13-14H2,2-3H3/t17?,18?,19-,20+/m1/s1. The molecule has 1 saturated carbocycles. The van der Waals surface area contributed by atoms with Gasteiger partial charge in [0, 0.05) is 12.8 Å². The lowest BCUT2D eigenvalue weighted by atomic mass is 9.85. The summed E-state index contributed by atoms with van der Waals surface area (Å²) in [5.74, 6) is 1.69. The van der Waals surface area contributed by atoms with E-state index in [1.54, 1.807) is 0 Å². The van der Waals surface area contributed by atoms with Gasteiger partial charge in [-0.25, -0.2) is 0 Å². The maximum absolute atomic E-state index is 11.2. The van der Waals surface area contributed by atoms with Crippen LogP contribution >= 0.6 is 0 Å². The Morgan fingerprint density at radius 1 is 1.27 bits per heavy atom. The molecule has 2 rings (SSSR count). The number of esters is 1. The quantitative estimate of drug-likeness (QED) is 0.560. The van der Waals surface area contributed by atoms with Crippen LogP contribution in [0.4, 0.5) is 0 Å². The van der Waals surface area contributed by atoms with E-state index >= 15 is 0 Å². The fourth-order valence-electron chi connectivity index (χ4n) is 3.66. The molecule has 0 amide bonds. The van der Waals surface area contributed by atoms with Gasteiger partial charge >= 0.3 is 5.97 Å². The van der Waals surface area contributed by atoms with Gasteiger partial charge in [-0.05, 0) is 29.7 Å². The minimum Gasteiger partial charge on any atom is -0.466 e. The Hall–Kier alpha value is -1.83. The van der Waals surface area contributed by atoms with Crippen molar-refractivity contribution in [3.8, 4) is 0 Å². The molecule has 1 aliphatic rings. The van der Waals surface area contributed by atoms with Crippen molar-refractivity contribution in [3.05, 3.63) is 54.6 Å². The number of ether oxygens (including phenoxy) is 1. The third-order valence-electron chi connectivity index (χ3n) is 4.78. The Labute approximate surface area is 133 Å². The average molecular weight is 298 g/mol. The van der Waals surface area contributed by atoms with Gasteiger partial charge in [-0.15, -0.1) is 6.58 Å². The van der Waals surface area contributed by atoms with Crippen LogP contribution in [0, 0.1) is 23.7 Å². The molecule has 2 nitrogen and oxygen atoms in total. The van der Waals surface area contributed by atoms with Gasteiger partial charge in [-0.3, -0.25) is 4.79 Å². The van der Waals surface area contributed by atoms with E-state index in [1.807, 2.05) is 18.2 Å². The van der Waals surface area contributed by atoms with Gasteiger partial charge in [0.1, 0.15) is 0 Å². The first-order valence-corrected chi connectivity index (χ1v) is 8.14. The molecule has 1 aromatic rings. The number of allylic oxidation sites excluding steroid dienone is 2. The topological polar surface area (TPSA) is 26.3 Å². The zero-order valence-electron chi connectivity index (χ0n) is 13.6. The third-order valence-corrected chi connectivity index (χ3v) is 4.78. The van der Waals surface area contributed by atoms with Crippen molar-refractivity contribution in [1.29, 1.82) is 0 Å². The largest absolute Gasteiger partial charge is 0.466 e. The van der Waals surface area contributed by atoms with Crippen LogP contribution in [0.5, 0.6) is 0 Å². The van der Waals surface area contributed by atoms with Crippen molar-refractivity contribution >= 4 is 12.0 Å².